The second-order valence-electron chi connectivity index (χ2n) is 6.09. The van der Waals surface area contributed by atoms with Crippen molar-refractivity contribution < 1.29 is 13.2 Å². The van der Waals surface area contributed by atoms with Crippen molar-refractivity contribution >= 4 is 17.6 Å². The molecule has 8 nitrogen and oxygen atoms in total. The van der Waals surface area contributed by atoms with E-state index in [-0.39, 0.29) is 35.0 Å². The Balaban J connectivity index is 2.00. The summed E-state index contributed by atoms with van der Waals surface area (Å²) in [6, 6.07) is 6.69. The van der Waals surface area contributed by atoms with Gasteiger partial charge >= 0.3 is 6.18 Å². The number of nitrogens with one attached hydrogen (secondary N) is 3. The summed E-state index contributed by atoms with van der Waals surface area (Å²) in [7, 11) is 0. The first kappa shape index (κ1) is 19.3. The third-order valence-corrected chi connectivity index (χ3v) is 3.37. The van der Waals surface area contributed by atoms with Crippen LogP contribution in [0, 0.1) is 0 Å². The monoisotopic (exact) mass is 391 g/mol. The van der Waals surface area contributed by atoms with E-state index in [9.17, 15) is 18.0 Å². The number of alkyl halides is 3. The van der Waals surface area contributed by atoms with Crippen molar-refractivity contribution in [3.8, 4) is 11.5 Å². The van der Waals surface area contributed by atoms with E-state index in [2.05, 4.69) is 35.6 Å². The Hall–Kier alpha value is -3.50. The molecule has 3 aromatic heterocycles. The number of nitrogens with zero attached hydrogens (tertiary/aromatic N) is 4. The number of H-pyrrole nitrogens is 1. The number of hydrogen-bond acceptors (Lipinski definition) is 7. The van der Waals surface area contributed by atoms with Crippen molar-refractivity contribution in [1.29, 1.82) is 0 Å². The molecule has 0 saturated heterocycles. The predicted octanol–water partition coefficient (Wildman–Crippen LogP) is 3.20. The summed E-state index contributed by atoms with van der Waals surface area (Å²) in [6.07, 6.45) is -3.54. The van der Waals surface area contributed by atoms with Gasteiger partial charge in [0.05, 0.1) is 5.69 Å². The molecule has 146 valence electrons. The van der Waals surface area contributed by atoms with Crippen molar-refractivity contribution in [3.05, 3.63) is 52.6 Å². The first-order valence-electron chi connectivity index (χ1n) is 8.23. The van der Waals surface area contributed by atoms with E-state index in [1.54, 1.807) is 12.1 Å². The highest BCUT2D eigenvalue weighted by molar-refractivity contribution is 5.58. The van der Waals surface area contributed by atoms with Crippen molar-refractivity contribution in [2.45, 2.75) is 26.1 Å². The summed E-state index contributed by atoms with van der Waals surface area (Å²) in [4.78, 5) is 30.1. The number of pyridine rings is 2. The van der Waals surface area contributed by atoms with Crippen molar-refractivity contribution in [2.75, 3.05) is 10.6 Å². The maximum absolute atomic E-state index is 12.9. The average molecular weight is 391 g/mol. The van der Waals surface area contributed by atoms with E-state index in [0.29, 0.717) is 5.69 Å². The minimum Gasteiger partial charge on any atom is -0.352 e. The highest BCUT2D eigenvalue weighted by atomic mass is 19.4. The first-order valence-corrected chi connectivity index (χ1v) is 8.23. The summed E-state index contributed by atoms with van der Waals surface area (Å²) in [5, 5.41) is 5.73. The van der Waals surface area contributed by atoms with Gasteiger partial charge in [-0.25, -0.2) is 0 Å². The molecule has 0 saturated carbocycles. The molecule has 0 aliphatic rings. The third kappa shape index (κ3) is 4.81. The third-order valence-electron chi connectivity index (χ3n) is 3.37. The highest BCUT2D eigenvalue weighted by Gasteiger charge is 2.32. The van der Waals surface area contributed by atoms with E-state index in [4.69, 9.17) is 0 Å². The lowest BCUT2D eigenvalue weighted by Crippen LogP contribution is -2.15. The molecule has 3 heterocycles. The zero-order valence-electron chi connectivity index (χ0n) is 14.9. The van der Waals surface area contributed by atoms with Gasteiger partial charge in [0.25, 0.3) is 0 Å². The molecule has 0 bridgehead atoms. The summed E-state index contributed by atoms with van der Waals surface area (Å²) >= 11 is 0. The molecule has 0 aliphatic carbocycles. The molecule has 3 aromatic rings. The van der Waals surface area contributed by atoms with Gasteiger partial charge in [-0.1, -0.05) is 6.07 Å². The van der Waals surface area contributed by atoms with Gasteiger partial charge in [-0.15, -0.1) is 0 Å². The van der Waals surface area contributed by atoms with E-state index in [0.717, 1.165) is 12.3 Å². The van der Waals surface area contributed by atoms with Crippen LogP contribution in [0.1, 0.15) is 19.5 Å². The van der Waals surface area contributed by atoms with Crippen LogP contribution in [0.5, 0.6) is 0 Å². The molecule has 3 rings (SSSR count). The molecular weight excluding hydrogens is 375 g/mol. The van der Waals surface area contributed by atoms with Gasteiger partial charge in [-0.2, -0.15) is 28.1 Å². The van der Waals surface area contributed by atoms with Crippen LogP contribution in [0.2, 0.25) is 0 Å². The Morgan fingerprint density at radius 2 is 1.82 bits per heavy atom. The van der Waals surface area contributed by atoms with E-state index in [1.165, 1.54) is 12.1 Å². The van der Waals surface area contributed by atoms with Crippen LogP contribution in [-0.4, -0.2) is 31.0 Å². The summed E-state index contributed by atoms with van der Waals surface area (Å²) < 4.78 is 38.6. The topological polar surface area (TPSA) is 108 Å². The molecule has 0 spiro atoms. The van der Waals surface area contributed by atoms with E-state index >= 15 is 0 Å². The van der Waals surface area contributed by atoms with Gasteiger partial charge < -0.3 is 15.6 Å². The predicted molar refractivity (Wildman–Crippen MR) is 97.2 cm³/mol. The molecule has 11 heteroatoms. The SMILES string of the molecule is CC(C)Nc1nc(Nc2ccnc(C(F)(F)F)c2)nc(-c2cccc(=O)[nH]2)n1. The molecular formula is C17H16F3N7O. The van der Waals surface area contributed by atoms with Crippen LogP contribution < -0.4 is 16.2 Å². The second-order valence-corrected chi connectivity index (χ2v) is 6.09. The standard InChI is InChI=1S/C17H16F3N7O/c1-9(2)22-15-25-14(11-4-3-5-13(28)24-11)26-16(27-15)23-10-6-7-21-12(8-10)17(18,19)20/h3-9H,1-2H3,(H,24,28)(H2,21,22,23,25,26,27). The van der Waals surface area contributed by atoms with Crippen LogP contribution >= 0.6 is 0 Å². The Morgan fingerprint density at radius 3 is 2.50 bits per heavy atom. The van der Waals surface area contributed by atoms with Gasteiger partial charge in [-0.3, -0.25) is 9.78 Å². The number of halogens is 3. The summed E-state index contributed by atoms with van der Waals surface area (Å²) in [5.74, 6) is 0.373. The lowest BCUT2D eigenvalue weighted by atomic mass is 10.3. The van der Waals surface area contributed by atoms with Crippen molar-refractivity contribution in [3.63, 3.8) is 0 Å². The first-order chi connectivity index (χ1) is 13.2. The molecule has 0 amide bonds. The minimum atomic E-state index is -4.57. The lowest BCUT2D eigenvalue weighted by Gasteiger charge is -2.13. The Labute approximate surface area is 157 Å². The molecule has 28 heavy (non-hydrogen) atoms. The molecule has 0 atom stereocenters. The molecule has 3 N–H and O–H groups in total. The van der Waals surface area contributed by atoms with Crippen LogP contribution in [0.3, 0.4) is 0 Å². The number of anilines is 3. The molecule has 0 radical (unpaired) electrons. The van der Waals surface area contributed by atoms with Gasteiger partial charge in [0.2, 0.25) is 17.5 Å². The summed E-state index contributed by atoms with van der Waals surface area (Å²) in [6.45, 7) is 3.75. The Kier molecular flexibility index (Phi) is 5.25. The molecule has 0 aromatic carbocycles. The van der Waals surface area contributed by atoms with Crippen LogP contribution in [-0.2, 0) is 6.18 Å². The smallest absolute Gasteiger partial charge is 0.352 e. The van der Waals surface area contributed by atoms with Crippen LogP contribution in [0.15, 0.2) is 41.3 Å². The van der Waals surface area contributed by atoms with E-state index in [1.807, 2.05) is 13.8 Å². The molecule has 0 aliphatic heterocycles. The molecule has 0 unspecified atom stereocenters. The van der Waals surface area contributed by atoms with Crippen LogP contribution in [0.4, 0.5) is 30.8 Å². The molecule has 0 fully saturated rings. The second kappa shape index (κ2) is 7.62. The zero-order chi connectivity index (χ0) is 20.3. The van der Waals surface area contributed by atoms with E-state index < -0.39 is 11.9 Å². The van der Waals surface area contributed by atoms with Gasteiger partial charge in [0, 0.05) is 24.0 Å². The van der Waals surface area contributed by atoms with Gasteiger partial charge in [-0.05, 0) is 32.0 Å². The Morgan fingerprint density at radius 1 is 1.07 bits per heavy atom. The normalized spacial score (nSPS) is 11.5. The Bertz CT molecular complexity index is 1030. The number of hydrogen-bond donors (Lipinski definition) is 3. The number of rotatable bonds is 5. The number of aromatic amines is 1. The van der Waals surface area contributed by atoms with Crippen molar-refractivity contribution in [2.24, 2.45) is 0 Å². The fraction of sp³-hybridized carbons (Fsp3) is 0.235. The largest absolute Gasteiger partial charge is 0.433 e. The highest BCUT2D eigenvalue weighted by Crippen LogP contribution is 2.29. The maximum Gasteiger partial charge on any atom is 0.433 e. The zero-order valence-corrected chi connectivity index (χ0v) is 14.9. The van der Waals surface area contributed by atoms with Gasteiger partial charge in [0.15, 0.2) is 5.82 Å². The quantitative estimate of drug-likeness (QED) is 0.613. The lowest BCUT2D eigenvalue weighted by molar-refractivity contribution is -0.141. The van der Waals surface area contributed by atoms with Crippen LogP contribution in [0.25, 0.3) is 11.5 Å². The minimum absolute atomic E-state index is 0.00400. The average Bonchev–Trinajstić information content (AvgIpc) is 2.60. The fourth-order valence-electron chi connectivity index (χ4n) is 2.25. The van der Waals surface area contributed by atoms with Crippen molar-refractivity contribution in [1.82, 2.24) is 24.9 Å². The fourth-order valence-corrected chi connectivity index (χ4v) is 2.25. The van der Waals surface area contributed by atoms with Gasteiger partial charge in [0.1, 0.15) is 5.69 Å². The number of aromatic nitrogens is 5. The summed E-state index contributed by atoms with van der Waals surface area (Å²) in [5.41, 5.74) is -0.929. The maximum atomic E-state index is 12.9.